The molecule has 0 fully saturated rings. The van der Waals surface area contributed by atoms with Gasteiger partial charge in [-0.25, -0.2) is 4.98 Å². The molecule has 0 atom stereocenters. The van der Waals surface area contributed by atoms with Crippen molar-refractivity contribution in [2.45, 2.75) is 20.4 Å². The summed E-state index contributed by atoms with van der Waals surface area (Å²) in [5.41, 5.74) is 0.927. The highest BCUT2D eigenvalue weighted by Crippen LogP contribution is 2.29. The summed E-state index contributed by atoms with van der Waals surface area (Å²) in [6, 6.07) is 5.70. The third-order valence-electron chi connectivity index (χ3n) is 2.59. The molecular formula is C14H16BrClN2O. The zero-order valence-corrected chi connectivity index (χ0v) is 13.3. The van der Waals surface area contributed by atoms with Gasteiger partial charge in [-0.05, 0) is 46.6 Å². The Morgan fingerprint density at radius 2 is 2.21 bits per heavy atom. The van der Waals surface area contributed by atoms with Crippen LogP contribution in [-0.4, -0.2) is 11.5 Å². The summed E-state index contributed by atoms with van der Waals surface area (Å²) >= 11 is 9.43. The highest BCUT2D eigenvalue weighted by molar-refractivity contribution is 9.10. The largest absolute Gasteiger partial charge is 0.439 e. The first-order valence-corrected chi connectivity index (χ1v) is 7.34. The molecule has 0 radical (unpaired) electrons. The number of aromatic nitrogens is 1. The summed E-state index contributed by atoms with van der Waals surface area (Å²) in [5.74, 6) is 2.03. The SMILES string of the molecule is CC(C)CNCc1ncc(-c2ccc(Br)c(Cl)c2)o1. The van der Waals surface area contributed by atoms with E-state index < -0.39 is 0 Å². The Kier molecular flexibility index (Phi) is 5.02. The van der Waals surface area contributed by atoms with Crippen molar-refractivity contribution in [2.24, 2.45) is 5.92 Å². The minimum Gasteiger partial charge on any atom is -0.439 e. The van der Waals surface area contributed by atoms with Crippen LogP contribution in [0.15, 0.2) is 33.3 Å². The van der Waals surface area contributed by atoms with Gasteiger partial charge in [-0.3, -0.25) is 0 Å². The molecule has 19 heavy (non-hydrogen) atoms. The highest BCUT2D eigenvalue weighted by atomic mass is 79.9. The van der Waals surface area contributed by atoms with Gasteiger partial charge in [0, 0.05) is 10.0 Å². The van der Waals surface area contributed by atoms with Crippen LogP contribution in [0.4, 0.5) is 0 Å². The maximum atomic E-state index is 6.07. The first kappa shape index (κ1) is 14.6. The molecular weight excluding hydrogens is 328 g/mol. The molecule has 0 saturated carbocycles. The van der Waals surface area contributed by atoms with Crippen LogP contribution in [0.1, 0.15) is 19.7 Å². The van der Waals surface area contributed by atoms with Crippen LogP contribution >= 0.6 is 27.5 Å². The summed E-state index contributed by atoms with van der Waals surface area (Å²) in [6.45, 7) is 5.92. The molecule has 1 N–H and O–H groups in total. The van der Waals surface area contributed by atoms with Gasteiger partial charge in [0.25, 0.3) is 0 Å². The van der Waals surface area contributed by atoms with Gasteiger partial charge in [-0.1, -0.05) is 25.4 Å². The van der Waals surface area contributed by atoms with E-state index in [0.29, 0.717) is 23.4 Å². The Morgan fingerprint density at radius 1 is 1.42 bits per heavy atom. The minimum absolute atomic E-state index is 0.611. The van der Waals surface area contributed by atoms with Crippen molar-refractivity contribution in [1.29, 1.82) is 0 Å². The molecule has 1 aromatic heterocycles. The Hall–Kier alpha value is -0.840. The fourth-order valence-electron chi connectivity index (χ4n) is 1.64. The van der Waals surface area contributed by atoms with Gasteiger partial charge in [-0.2, -0.15) is 0 Å². The lowest BCUT2D eigenvalue weighted by Gasteiger charge is -2.04. The van der Waals surface area contributed by atoms with Gasteiger partial charge >= 0.3 is 0 Å². The van der Waals surface area contributed by atoms with Crippen molar-refractivity contribution < 1.29 is 4.42 Å². The molecule has 0 unspecified atom stereocenters. The van der Waals surface area contributed by atoms with E-state index in [1.165, 1.54) is 0 Å². The molecule has 0 saturated heterocycles. The lowest BCUT2D eigenvalue weighted by atomic mass is 10.2. The molecule has 1 aromatic carbocycles. The second kappa shape index (κ2) is 6.55. The molecule has 5 heteroatoms. The predicted octanol–water partition coefficient (Wildman–Crippen LogP) is 4.50. The first-order valence-electron chi connectivity index (χ1n) is 6.17. The zero-order valence-electron chi connectivity index (χ0n) is 10.9. The molecule has 0 spiro atoms. The molecule has 2 aromatic rings. The molecule has 2 rings (SSSR count). The Bertz CT molecular complexity index is 554. The monoisotopic (exact) mass is 342 g/mol. The van der Waals surface area contributed by atoms with E-state index in [1.807, 2.05) is 18.2 Å². The van der Waals surface area contributed by atoms with Crippen molar-refractivity contribution in [3.63, 3.8) is 0 Å². The van der Waals surface area contributed by atoms with E-state index in [1.54, 1.807) is 6.20 Å². The number of rotatable bonds is 5. The van der Waals surface area contributed by atoms with Gasteiger partial charge in [0.2, 0.25) is 5.89 Å². The maximum Gasteiger partial charge on any atom is 0.208 e. The lowest BCUT2D eigenvalue weighted by molar-refractivity contribution is 0.459. The van der Waals surface area contributed by atoms with E-state index in [4.69, 9.17) is 16.0 Å². The fourth-order valence-corrected chi connectivity index (χ4v) is 2.07. The smallest absolute Gasteiger partial charge is 0.208 e. The predicted molar refractivity (Wildman–Crippen MR) is 81.2 cm³/mol. The van der Waals surface area contributed by atoms with Gasteiger partial charge in [0.05, 0.1) is 17.8 Å². The lowest BCUT2D eigenvalue weighted by Crippen LogP contribution is -2.18. The molecule has 0 aliphatic heterocycles. The normalized spacial score (nSPS) is 11.2. The van der Waals surface area contributed by atoms with Crippen molar-refractivity contribution >= 4 is 27.5 Å². The molecule has 0 aliphatic rings. The molecule has 0 amide bonds. The van der Waals surface area contributed by atoms with Crippen molar-refractivity contribution in [3.8, 4) is 11.3 Å². The standard InChI is InChI=1S/C14H16BrClN2O/c1-9(2)6-17-8-14-18-7-13(19-14)10-3-4-11(15)12(16)5-10/h3-5,7,9,17H,6,8H2,1-2H3. The Labute approximate surface area is 126 Å². The van der Waals surface area contributed by atoms with Crippen molar-refractivity contribution in [2.75, 3.05) is 6.54 Å². The Balaban J connectivity index is 2.05. The van der Waals surface area contributed by atoms with Crippen molar-refractivity contribution in [3.05, 3.63) is 39.8 Å². The quantitative estimate of drug-likeness (QED) is 0.868. The van der Waals surface area contributed by atoms with Gasteiger partial charge < -0.3 is 9.73 Å². The summed E-state index contributed by atoms with van der Waals surface area (Å²) in [5, 5.41) is 3.96. The van der Waals surface area contributed by atoms with Crippen LogP contribution < -0.4 is 5.32 Å². The number of nitrogens with one attached hydrogen (secondary N) is 1. The maximum absolute atomic E-state index is 6.07. The van der Waals surface area contributed by atoms with Crippen LogP contribution in [0.3, 0.4) is 0 Å². The van der Waals surface area contributed by atoms with E-state index >= 15 is 0 Å². The summed E-state index contributed by atoms with van der Waals surface area (Å²) in [6.07, 6.45) is 1.73. The molecule has 0 aliphatic carbocycles. The number of hydrogen-bond acceptors (Lipinski definition) is 3. The molecule has 102 valence electrons. The van der Waals surface area contributed by atoms with Crippen LogP contribution in [0.2, 0.25) is 5.02 Å². The number of nitrogens with zero attached hydrogens (tertiary/aromatic N) is 1. The van der Waals surface area contributed by atoms with E-state index in [2.05, 4.69) is 40.1 Å². The molecule has 3 nitrogen and oxygen atoms in total. The topological polar surface area (TPSA) is 38.1 Å². The van der Waals surface area contributed by atoms with Crippen LogP contribution in [0.25, 0.3) is 11.3 Å². The summed E-state index contributed by atoms with van der Waals surface area (Å²) in [7, 11) is 0. The highest BCUT2D eigenvalue weighted by Gasteiger charge is 2.08. The minimum atomic E-state index is 0.611. The van der Waals surface area contributed by atoms with Crippen LogP contribution in [0, 0.1) is 5.92 Å². The van der Waals surface area contributed by atoms with Gasteiger partial charge in [0.15, 0.2) is 5.76 Å². The van der Waals surface area contributed by atoms with Crippen LogP contribution in [-0.2, 0) is 6.54 Å². The summed E-state index contributed by atoms with van der Waals surface area (Å²) in [4.78, 5) is 4.26. The number of benzene rings is 1. The van der Waals surface area contributed by atoms with Gasteiger partial charge in [0.1, 0.15) is 0 Å². The number of hydrogen-bond donors (Lipinski definition) is 1. The van der Waals surface area contributed by atoms with E-state index in [-0.39, 0.29) is 0 Å². The second-order valence-electron chi connectivity index (χ2n) is 4.77. The third kappa shape index (κ3) is 4.06. The number of halogens is 2. The first-order chi connectivity index (χ1) is 9.06. The fraction of sp³-hybridized carbons (Fsp3) is 0.357. The van der Waals surface area contributed by atoms with Gasteiger partial charge in [-0.15, -0.1) is 0 Å². The zero-order chi connectivity index (χ0) is 13.8. The van der Waals surface area contributed by atoms with E-state index in [9.17, 15) is 0 Å². The molecule has 0 bridgehead atoms. The average molecular weight is 344 g/mol. The van der Waals surface area contributed by atoms with Crippen molar-refractivity contribution in [1.82, 2.24) is 10.3 Å². The molecule has 1 heterocycles. The average Bonchev–Trinajstić information content (AvgIpc) is 2.81. The van der Waals surface area contributed by atoms with E-state index in [0.717, 1.165) is 22.3 Å². The second-order valence-corrected chi connectivity index (χ2v) is 6.03. The third-order valence-corrected chi connectivity index (χ3v) is 3.82. The number of oxazole rings is 1. The summed E-state index contributed by atoms with van der Waals surface area (Å²) < 4.78 is 6.57. The van der Waals surface area contributed by atoms with Crippen LogP contribution in [0.5, 0.6) is 0 Å². The Morgan fingerprint density at radius 3 is 2.89 bits per heavy atom.